The number of fused-ring (bicyclic) bond motifs is 1. The third-order valence-electron chi connectivity index (χ3n) is 2.58. The maximum atomic E-state index is 13.5. The molecule has 1 aromatic carbocycles. The largest absolute Gasteiger partial charge is 0.478 e. The van der Waals surface area contributed by atoms with E-state index < -0.39 is 11.9 Å². The Morgan fingerprint density at radius 3 is 2.36 bits per heavy atom. The van der Waals surface area contributed by atoms with Gasteiger partial charge in [-0.15, -0.1) is 0 Å². The van der Waals surface area contributed by atoms with Crippen LogP contribution < -0.4 is 5.73 Å². The van der Waals surface area contributed by atoms with E-state index in [0.29, 0.717) is 29.7 Å². The number of carboxylic acid groups (broad SMARTS) is 2. The van der Waals surface area contributed by atoms with Crippen LogP contribution in [0.5, 0.6) is 0 Å². The summed E-state index contributed by atoms with van der Waals surface area (Å²) < 4.78 is 18.6. The number of hydrogen-bond acceptors (Lipinski definition) is 4. The van der Waals surface area contributed by atoms with Crippen molar-refractivity contribution in [2.75, 3.05) is 0 Å². The molecule has 2 rings (SSSR count). The lowest BCUT2D eigenvalue weighted by molar-refractivity contribution is -0.134. The van der Waals surface area contributed by atoms with Crippen LogP contribution in [0.4, 0.5) is 4.39 Å². The number of halogens is 1. The monoisotopic (exact) mass is 309 g/mol. The molecule has 0 saturated heterocycles. The molecule has 0 spiro atoms. The highest BCUT2D eigenvalue weighted by molar-refractivity contribution is 5.89. The molecule has 6 nitrogen and oxygen atoms in total. The molecular formula is C15H16FNO5. The van der Waals surface area contributed by atoms with E-state index in [1.165, 1.54) is 6.07 Å². The van der Waals surface area contributed by atoms with Gasteiger partial charge in [-0.25, -0.2) is 14.0 Å². The molecule has 22 heavy (non-hydrogen) atoms. The van der Waals surface area contributed by atoms with Gasteiger partial charge in [-0.3, -0.25) is 0 Å². The first-order valence-corrected chi connectivity index (χ1v) is 6.35. The molecule has 0 aliphatic carbocycles. The Kier molecular flexibility index (Phi) is 6.27. The highest BCUT2D eigenvalue weighted by atomic mass is 19.1. The lowest BCUT2D eigenvalue weighted by Gasteiger charge is -2.07. The van der Waals surface area contributed by atoms with E-state index in [-0.39, 0.29) is 11.9 Å². The maximum absolute atomic E-state index is 13.5. The molecule has 0 radical (unpaired) electrons. The summed E-state index contributed by atoms with van der Waals surface area (Å²) in [6, 6.07) is 4.78. The molecule has 1 aromatic heterocycles. The van der Waals surface area contributed by atoms with Gasteiger partial charge in [-0.05, 0) is 31.5 Å². The SMILES string of the molecule is CC(N)Cc1c(F)ccc2occc12.O=C(O)C=CC(=O)O. The van der Waals surface area contributed by atoms with Gasteiger partial charge in [0.1, 0.15) is 11.4 Å². The molecule has 4 N–H and O–H groups in total. The van der Waals surface area contributed by atoms with Crippen molar-refractivity contribution in [1.29, 1.82) is 0 Å². The summed E-state index contributed by atoms with van der Waals surface area (Å²) in [5.41, 5.74) is 7.01. The summed E-state index contributed by atoms with van der Waals surface area (Å²) in [5, 5.41) is 16.4. The van der Waals surface area contributed by atoms with Crippen LogP contribution in [0, 0.1) is 5.82 Å². The minimum atomic E-state index is -1.26. The fourth-order valence-corrected chi connectivity index (χ4v) is 1.75. The minimum Gasteiger partial charge on any atom is -0.478 e. The smallest absolute Gasteiger partial charge is 0.328 e. The van der Waals surface area contributed by atoms with Gasteiger partial charge in [0.05, 0.1) is 6.26 Å². The molecule has 118 valence electrons. The van der Waals surface area contributed by atoms with Gasteiger partial charge < -0.3 is 20.4 Å². The average molecular weight is 309 g/mol. The second-order valence-electron chi connectivity index (χ2n) is 4.55. The number of aliphatic carboxylic acids is 2. The Morgan fingerprint density at radius 1 is 1.27 bits per heavy atom. The van der Waals surface area contributed by atoms with Crippen LogP contribution in [0.15, 0.2) is 41.0 Å². The Morgan fingerprint density at radius 2 is 1.86 bits per heavy atom. The summed E-state index contributed by atoms with van der Waals surface area (Å²) in [6.07, 6.45) is 3.21. The van der Waals surface area contributed by atoms with E-state index >= 15 is 0 Å². The van der Waals surface area contributed by atoms with E-state index in [4.69, 9.17) is 20.4 Å². The number of furan rings is 1. The summed E-state index contributed by atoms with van der Waals surface area (Å²) in [7, 11) is 0. The molecule has 0 amide bonds. The molecule has 0 aliphatic heterocycles. The summed E-state index contributed by atoms with van der Waals surface area (Å²) >= 11 is 0. The van der Waals surface area contributed by atoms with Crippen LogP contribution in [0.25, 0.3) is 11.0 Å². The minimum absolute atomic E-state index is 0.0509. The second kappa shape index (κ2) is 7.94. The zero-order valence-electron chi connectivity index (χ0n) is 11.8. The molecule has 2 aromatic rings. The van der Waals surface area contributed by atoms with Gasteiger partial charge in [0.25, 0.3) is 0 Å². The standard InChI is InChI=1S/C11H12FNO.C4H4O4/c1-7(13)6-9-8-4-5-14-11(8)3-2-10(9)12;5-3(6)1-2-4(7)8/h2-5,7H,6,13H2,1H3;1-2H,(H,5,6)(H,7,8). The van der Waals surface area contributed by atoms with Crippen molar-refractivity contribution in [3.05, 3.63) is 48.0 Å². The van der Waals surface area contributed by atoms with Gasteiger partial charge in [0, 0.05) is 29.1 Å². The molecule has 1 unspecified atom stereocenters. The average Bonchev–Trinajstić information content (AvgIpc) is 2.89. The zero-order valence-corrected chi connectivity index (χ0v) is 11.8. The number of rotatable bonds is 4. The van der Waals surface area contributed by atoms with Crippen molar-refractivity contribution in [2.45, 2.75) is 19.4 Å². The van der Waals surface area contributed by atoms with Crippen molar-refractivity contribution < 1.29 is 28.6 Å². The lowest BCUT2D eigenvalue weighted by atomic mass is 10.0. The molecule has 0 fully saturated rings. The normalized spacial score (nSPS) is 12.0. The van der Waals surface area contributed by atoms with Crippen molar-refractivity contribution >= 4 is 22.9 Å². The van der Waals surface area contributed by atoms with Crippen molar-refractivity contribution in [3.8, 4) is 0 Å². The topological polar surface area (TPSA) is 114 Å². The van der Waals surface area contributed by atoms with Gasteiger partial charge in [-0.2, -0.15) is 0 Å². The Hall–Kier alpha value is -2.67. The summed E-state index contributed by atoms with van der Waals surface area (Å²) in [6.45, 7) is 1.86. The Balaban J connectivity index is 0.000000261. The quantitative estimate of drug-likeness (QED) is 0.746. The van der Waals surface area contributed by atoms with Crippen molar-refractivity contribution in [2.24, 2.45) is 5.73 Å². The predicted molar refractivity (Wildman–Crippen MR) is 77.9 cm³/mol. The van der Waals surface area contributed by atoms with Gasteiger partial charge in [0.15, 0.2) is 0 Å². The van der Waals surface area contributed by atoms with E-state index in [1.54, 1.807) is 18.4 Å². The molecule has 1 atom stereocenters. The number of carboxylic acids is 2. The van der Waals surface area contributed by atoms with E-state index in [0.717, 1.165) is 5.39 Å². The molecule has 0 saturated carbocycles. The van der Waals surface area contributed by atoms with Gasteiger partial charge >= 0.3 is 11.9 Å². The first-order chi connectivity index (χ1) is 10.3. The predicted octanol–water partition coefficient (Wildman–Crippen LogP) is 2.17. The maximum Gasteiger partial charge on any atom is 0.328 e. The number of nitrogens with two attached hydrogens (primary N) is 1. The highest BCUT2D eigenvalue weighted by Crippen LogP contribution is 2.23. The van der Waals surface area contributed by atoms with E-state index in [2.05, 4.69) is 0 Å². The van der Waals surface area contributed by atoms with Crippen LogP contribution in [-0.4, -0.2) is 28.2 Å². The first kappa shape index (κ1) is 17.4. The number of hydrogen-bond donors (Lipinski definition) is 3. The highest BCUT2D eigenvalue weighted by Gasteiger charge is 2.10. The number of benzene rings is 1. The van der Waals surface area contributed by atoms with Gasteiger partial charge in [0.2, 0.25) is 0 Å². The molecule has 0 aliphatic rings. The Labute approximate surface area is 125 Å². The second-order valence-corrected chi connectivity index (χ2v) is 4.55. The molecule has 0 bridgehead atoms. The van der Waals surface area contributed by atoms with Crippen molar-refractivity contribution in [1.82, 2.24) is 0 Å². The molecular weight excluding hydrogens is 293 g/mol. The van der Waals surface area contributed by atoms with Crippen LogP contribution in [-0.2, 0) is 16.0 Å². The molecule has 7 heteroatoms. The van der Waals surface area contributed by atoms with E-state index in [9.17, 15) is 14.0 Å². The van der Waals surface area contributed by atoms with Crippen LogP contribution in [0.3, 0.4) is 0 Å². The summed E-state index contributed by atoms with van der Waals surface area (Å²) in [5.74, 6) is -2.73. The van der Waals surface area contributed by atoms with E-state index in [1.807, 2.05) is 6.92 Å². The Bertz CT molecular complexity index is 674. The summed E-state index contributed by atoms with van der Waals surface area (Å²) in [4.78, 5) is 19.1. The van der Waals surface area contributed by atoms with Crippen LogP contribution >= 0.6 is 0 Å². The third-order valence-corrected chi connectivity index (χ3v) is 2.58. The van der Waals surface area contributed by atoms with Crippen molar-refractivity contribution in [3.63, 3.8) is 0 Å². The lowest BCUT2D eigenvalue weighted by Crippen LogP contribution is -2.18. The fourth-order valence-electron chi connectivity index (χ4n) is 1.75. The van der Waals surface area contributed by atoms with Crippen LogP contribution in [0.1, 0.15) is 12.5 Å². The molecule has 1 heterocycles. The first-order valence-electron chi connectivity index (χ1n) is 6.35. The van der Waals surface area contributed by atoms with Crippen LogP contribution in [0.2, 0.25) is 0 Å². The zero-order chi connectivity index (χ0) is 16.7. The van der Waals surface area contributed by atoms with Gasteiger partial charge in [-0.1, -0.05) is 0 Å². The third kappa shape index (κ3) is 5.37. The number of carbonyl (C=O) groups is 2. The fraction of sp³-hybridized carbons (Fsp3) is 0.200.